The van der Waals surface area contributed by atoms with Crippen LogP contribution in [0.5, 0.6) is 0 Å². The molecule has 1 aromatic heterocycles. The summed E-state index contributed by atoms with van der Waals surface area (Å²) in [5.41, 5.74) is 9.14. The van der Waals surface area contributed by atoms with Crippen molar-refractivity contribution in [1.29, 1.82) is 0 Å². The lowest BCUT2D eigenvalue weighted by atomic mass is 9.96. The first-order valence-electron chi connectivity index (χ1n) is 6.96. The van der Waals surface area contributed by atoms with Crippen LogP contribution in [0.2, 0.25) is 0 Å². The fourth-order valence-electron chi connectivity index (χ4n) is 2.84. The van der Waals surface area contributed by atoms with E-state index < -0.39 is 0 Å². The molecule has 3 aromatic carbocycles. The third-order valence-corrected chi connectivity index (χ3v) is 3.82. The van der Waals surface area contributed by atoms with Gasteiger partial charge in [0.25, 0.3) is 0 Å². The van der Waals surface area contributed by atoms with E-state index in [1.54, 1.807) is 0 Å². The number of nitrogen functional groups attached to an aromatic ring is 1. The van der Waals surface area contributed by atoms with Gasteiger partial charge in [0, 0.05) is 10.9 Å². The smallest absolute Gasteiger partial charge is 0.124 e. The number of nitrogens with zero attached hydrogens (tertiary/aromatic N) is 1. The van der Waals surface area contributed by atoms with Gasteiger partial charge in [0.2, 0.25) is 0 Å². The third kappa shape index (κ3) is 1.93. The molecule has 2 N–H and O–H groups in total. The molecule has 0 atom stereocenters. The highest BCUT2D eigenvalue weighted by atomic mass is 14.8. The van der Waals surface area contributed by atoms with Crippen LogP contribution in [0.25, 0.3) is 32.8 Å². The normalized spacial score (nSPS) is 11.0. The van der Waals surface area contributed by atoms with E-state index in [1.807, 2.05) is 12.1 Å². The van der Waals surface area contributed by atoms with Crippen LogP contribution in [0.1, 0.15) is 0 Å². The summed E-state index contributed by atoms with van der Waals surface area (Å²) in [5, 5.41) is 3.57. The van der Waals surface area contributed by atoms with Gasteiger partial charge in [0.1, 0.15) is 5.82 Å². The Hall–Kier alpha value is -2.87. The third-order valence-electron chi connectivity index (χ3n) is 3.82. The van der Waals surface area contributed by atoms with Crippen LogP contribution in [0.4, 0.5) is 5.82 Å². The summed E-state index contributed by atoms with van der Waals surface area (Å²) in [7, 11) is 0. The molecule has 0 spiro atoms. The summed E-state index contributed by atoms with van der Waals surface area (Å²) < 4.78 is 0. The zero-order valence-electron chi connectivity index (χ0n) is 11.5. The summed E-state index contributed by atoms with van der Waals surface area (Å²) in [4.78, 5) is 4.54. The summed E-state index contributed by atoms with van der Waals surface area (Å²) in [5.74, 6) is 0.551. The van der Waals surface area contributed by atoms with Crippen molar-refractivity contribution in [3.05, 3.63) is 72.8 Å². The van der Waals surface area contributed by atoms with Crippen molar-refractivity contribution in [3.63, 3.8) is 0 Å². The van der Waals surface area contributed by atoms with Gasteiger partial charge in [-0.15, -0.1) is 0 Å². The lowest BCUT2D eigenvalue weighted by molar-refractivity contribution is 1.41. The Labute approximate surface area is 122 Å². The van der Waals surface area contributed by atoms with E-state index in [0.717, 1.165) is 16.5 Å². The molecular weight excluding hydrogens is 256 g/mol. The second kappa shape index (κ2) is 4.60. The number of rotatable bonds is 1. The second-order valence-corrected chi connectivity index (χ2v) is 5.14. The van der Waals surface area contributed by atoms with Crippen molar-refractivity contribution in [1.82, 2.24) is 4.98 Å². The van der Waals surface area contributed by atoms with Crippen LogP contribution in [-0.4, -0.2) is 4.98 Å². The van der Waals surface area contributed by atoms with Crippen LogP contribution in [0.15, 0.2) is 72.8 Å². The van der Waals surface area contributed by atoms with Crippen LogP contribution in [-0.2, 0) is 0 Å². The highest BCUT2D eigenvalue weighted by Gasteiger charge is 2.08. The molecule has 0 aliphatic carbocycles. The van der Waals surface area contributed by atoms with Gasteiger partial charge in [-0.2, -0.15) is 0 Å². The maximum Gasteiger partial charge on any atom is 0.124 e. The number of pyridine rings is 1. The molecule has 0 radical (unpaired) electrons. The first kappa shape index (κ1) is 11.9. The highest BCUT2D eigenvalue weighted by Crippen LogP contribution is 2.33. The average molecular weight is 270 g/mol. The van der Waals surface area contributed by atoms with Gasteiger partial charge in [0.05, 0.1) is 5.52 Å². The van der Waals surface area contributed by atoms with Crippen LogP contribution in [0, 0.1) is 0 Å². The van der Waals surface area contributed by atoms with Gasteiger partial charge in [-0.05, 0) is 28.5 Å². The SMILES string of the molecule is Nc1ccc2cccc(-c3cccc4ccccc34)c2n1. The number of aromatic nitrogens is 1. The molecule has 0 aliphatic rings. The summed E-state index contributed by atoms with van der Waals surface area (Å²) in [6.45, 7) is 0. The van der Waals surface area contributed by atoms with E-state index in [0.29, 0.717) is 5.82 Å². The molecule has 0 unspecified atom stereocenters. The Bertz CT molecular complexity index is 952. The maximum absolute atomic E-state index is 5.87. The molecule has 0 fully saturated rings. The van der Waals surface area contributed by atoms with Gasteiger partial charge in [0.15, 0.2) is 0 Å². The summed E-state index contributed by atoms with van der Waals surface area (Å²) in [6, 6.07) is 24.9. The monoisotopic (exact) mass is 270 g/mol. The molecular formula is C19H14N2. The molecule has 0 saturated carbocycles. The molecule has 0 amide bonds. The van der Waals surface area contributed by atoms with Crippen molar-refractivity contribution >= 4 is 27.5 Å². The minimum Gasteiger partial charge on any atom is -0.384 e. The topological polar surface area (TPSA) is 38.9 Å². The van der Waals surface area contributed by atoms with E-state index in [1.165, 1.54) is 16.3 Å². The predicted molar refractivity (Wildman–Crippen MR) is 89.1 cm³/mol. The van der Waals surface area contributed by atoms with E-state index in [4.69, 9.17) is 5.73 Å². The molecule has 2 nitrogen and oxygen atoms in total. The number of hydrogen-bond donors (Lipinski definition) is 1. The van der Waals surface area contributed by atoms with Gasteiger partial charge in [-0.3, -0.25) is 0 Å². The fourth-order valence-corrected chi connectivity index (χ4v) is 2.84. The van der Waals surface area contributed by atoms with Crippen molar-refractivity contribution in [3.8, 4) is 11.1 Å². The zero-order chi connectivity index (χ0) is 14.2. The van der Waals surface area contributed by atoms with E-state index >= 15 is 0 Å². The minimum atomic E-state index is 0.551. The molecule has 2 heteroatoms. The predicted octanol–water partition coefficient (Wildman–Crippen LogP) is 4.64. The summed E-state index contributed by atoms with van der Waals surface area (Å²) >= 11 is 0. The number of benzene rings is 3. The van der Waals surface area contributed by atoms with Crippen LogP contribution >= 0.6 is 0 Å². The van der Waals surface area contributed by atoms with Crippen LogP contribution < -0.4 is 5.73 Å². The lowest BCUT2D eigenvalue weighted by Crippen LogP contribution is -1.92. The van der Waals surface area contributed by atoms with Crippen molar-refractivity contribution in [2.45, 2.75) is 0 Å². The molecule has 0 bridgehead atoms. The van der Waals surface area contributed by atoms with E-state index in [2.05, 4.69) is 65.6 Å². The lowest BCUT2D eigenvalue weighted by Gasteiger charge is -2.10. The first-order chi connectivity index (χ1) is 10.3. The number of anilines is 1. The Kier molecular flexibility index (Phi) is 2.61. The van der Waals surface area contributed by atoms with Gasteiger partial charge < -0.3 is 5.73 Å². The molecule has 4 rings (SSSR count). The Morgan fingerprint density at radius 3 is 2.24 bits per heavy atom. The van der Waals surface area contributed by atoms with Gasteiger partial charge in [-0.25, -0.2) is 4.98 Å². The van der Waals surface area contributed by atoms with E-state index in [-0.39, 0.29) is 0 Å². The second-order valence-electron chi connectivity index (χ2n) is 5.14. The number of para-hydroxylation sites is 1. The first-order valence-corrected chi connectivity index (χ1v) is 6.96. The Morgan fingerprint density at radius 2 is 1.33 bits per heavy atom. The summed E-state index contributed by atoms with van der Waals surface area (Å²) in [6.07, 6.45) is 0. The number of fused-ring (bicyclic) bond motifs is 2. The standard InChI is InChI=1S/C19H14N2/c20-18-12-11-14-7-4-10-17(19(14)21-18)16-9-3-6-13-5-1-2-8-15(13)16/h1-12H,(H2,20,21). The largest absolute Gasteiger partial charge is 0.384 e. The Morgan fingerprint density at radius 1 is 0.619 bits per heavy atom. The van der Waals surface area contributed by atoms with Crippen molar-refractivity contribution < 1.29 is 0 Å². The average Bonchev–Trinajstić information content (AvgIpc) is 2.54. The quantitative estimate of drug-likeness (QED) is 0.547. The molecule has 1 heterocycles. The molecule has 100 valence electrons. The van der Waals surface area contributed by atoms with Crippen LogP contribution in [0.3, 0.4) is 0 Å². The van der Waals surface area contributed by atoms with Gasteiger partial charge in [-0.1, -0.05) is 60.7 Å². The molecule has 0 saturated heterocycles. The molecule has 21 heavy (non-hydrogen) atoms. The van der Waals surface area contributed by atoms with Crippen molar-refractivity contribution in [2.24, 2.45) is 0 Å². The fraction of sp³-hybridized carbons (Fsp3) is 0. The molecule has 0 aliphatic heterocycles. The van der Waals surface area contributed by atoms with Gasteiger partial charge >= 0.3 is 0 Å². The van der Waals surface area contributed by atoms with E-state index in [9.17, 15) is 0 Å². The Balaban J connectivity index is 2.12. The number of hydrogen-bond acceptors (Lipinski definition) is 2. The van der Waals surface area contributed by atoms with Crippen molar-refractivity contribution in [2.75, 3.05) is 5.73 Å². The molecule has 4 aromatic rings. The minimum absolute atomic E-state index is 0.551. The zero-order valence-corrected chi connectivity index (χ0v) is 11.5. The highest BCUT2D eigenvalue weighted by molar-refractivity contribution is 6.04. The number of nitrogens with two attached hydrogens (primary N) is 1. The maximum atomic E-state index is 5.87.